The van der Waals surface area contributed by atoms with E-state index in [1.165, 1.54) is 12.1 Å². The molecule has 0 radical (unpaired) electrons. The van der Waals surface area contributed by atoms with Gasteiger partial charge in [0, 0.05) is 11.6 Å². The zero-order valence-corrected chi connectivity index (χ0v) is 14.7. The molecule has 0 fully saturated rings. The van der Waals surface area contributed by atoms with E-state index in [1.54, 1.807) is 4.13 Å². The van der Waals surface area contributed by atoms with Crippen molar-refractivity contribution in [3.63, 3.8) is 0 Å². The number of rotatable bonds is 5. The highest BCUT2D eigenvalue weighted by molar-refractivity contribution is 8.04. The zero-order valence-electron chi connectivity index (χ0n) is 13.1. The van der Waals surface area contributed by atoms with Gasteiger partial charge in [-0.3, -0.25) is 0 Å². The summed E-state index contributed by atoms with van der Waals surface area (Å²) in [6, 6.07) is 7.31. The van der Waals surface area contributed by atoms with Crippen LogP contribution < -0.4 is 13.6 Å². The van der Waals surface area contributed by atoms with Crippen molar-refractivity contribution in [2.24, 2.45) is 0 Å². The molecule has 0 atom stereocenters. The van der Waals surface area contributed by atoms with E-state index < -0.39 is 31.4 Å². The van der Waals surface area contributed by atoms with E-state index in [2.05, 4.69) is 0 Å². The molecule has 0 saturated carbocycles. The van der Waals surface area contributed by atoms with Gasteiger partial charge in [-0.2, -0.15) is 0 Å². The van der Waals surface area contributed by atoms with Crippen LogP contribution in [0.3, 0.4) is 0 Å². The largest absolute Gasteiger partial charge is 0.486 e. The predicted molar refractivity (Wildman–Crippen MR) is 86.3 cm³/mol. The smallest absolute Gasteiger partial charge is 0.263 e. The summed E-state index contributed by atoms with van der Waals surface area (Å²) in [6.07, 6.45) is -2.76. The van der Waals surface area contributed by atoms with E-state index in [0.717, 1.165) is 30.3 Å². The van der Waals surface area contributed by atoms with Gasteiger partial charge in [-0.1, -0.05) is 12.1 Å². The lowest BCUT2D eigenvalue weighted by Crippen LogP contribution is -2.30. The molecule has 2 aromatic rings. The van der Waals surface area contributed by atoms with Crippen molar-refractivity contribution in [3.8, 4) is 11.5 Å². The highest BCUT2D eigenvalue weighted by Crippen LogP contribution is 2.32. The minimum absolute atomic E-state index is 0.179. The van der Waals surface area contributed by atoms with Crippen LogP contribution in [0, 0.1) is 0 Å². The normalized spacial score (nSPS) is 14.4. The number of hydrogen-bond donors (Lipinski definition) is 1. The number of alkyl halides is 2. The third-order valence-corrected chi connectivity index (χ3v) is 7.01. The van der Waals surface area contributed by atoms with Gasteiger partial charge in [0.05, 0.1) is 9.79 Å². The number of nitrogens with one attached hydrogen (secondary N) is 1. The Balaban J connectivity index is 1.88. The lowest BCUT2D eigenvalue weighted by atomic mass is 10.2. The Morgan fingerprint density at radius 2 is 1.35 bits per heavy atom. The summed E-state index contributed by atoms with van der Waals surface area (Å²) >= 11 is 0. The maximum absolute atomic E-state index is 12.5. The molecule has 0 aliphatic carbocycles. The number of benzene rings is 2. The standard InChI is InChI=1S/C15H13F2NO6S2/c16-15(17)10-1-3-11(4-2-10)25(19,20)18-26(21,22)12-5-6-13-14(9-12)24-8-7-23-13/h1-6,9,15,18H,7-8H2. The molecular formula is C15H13F2NO6S2. The molecule has 1 N–H and O–H groups in total. The molecule has 7 nitrogen and oxygen atoms in total. The first-order chi connectivity index (χ1) is 12.2. The van der Waals surface area contributed by atoms with E-state index in [0.29, 0.717) is 12.4 Å². The van der Waals surface area contributed by atoms with Gasteiger partial charge in [0.15, 0.2) is 11.5 Å². The Morgan fingerprint density at radius 3 is 1.96 bits per heavy atom. The Bertz CT molecular complexity index is 1020. The molecule has 0 unspecified atom stereocenters. The Morgan fingerprint density at radius 1 is 0.808 bits per heavy atom. The molecule has 0 amide bonds. The van der Waals surface area contributed by atoms with Crippen LogP contribution >= 0.6 is 0 Å². The minimum Gasteiger partial charge on any atom is -0.486 e. The summed E-state index contributed by atoms with van der Waals surface area (Å²) in [6.45, 7) is 0.555. The van der Waals surface area contributed by atoms with Crippen molar-refractivity contribution < 1.29 is 35.1 Å². The second kappa shape index (κ2) is 6.82. The van der Waals surface area contributed by atoms with Crippen LogP contribution in [0.1, 0.15) is 12.0 Å². The molecule has 0 spiro atoms. The number of fused-ring (bicyclic) bond motifs is 1. The van der Waals surface area contributed by atoms with E-state index >= 15 is 0 Å². The summed E-state index contributed by atoms with van der Waals surface area (Å²) in [5.41, 5.74) is -0.376. The van der Waals surface area contributed by atoms with Crippen LogP contribution in [0.2, 0.25) is 0 Å². The first-order valence-electron chi connectivity index (χ1n) is 7.25. The quantitative estimate of drug-likeness (QED) is 0.818. The number of sulfonamides is 2. The fraction of sp³-hybridized carbons (Fsp3) is 0.200. The molecule has 0 saturated heterocycles. The molecule has 2 aromatic carbocycles. The average molecular weight is 405 g/mol. The first kappa shape index (κ1) is 18.5. The van der Waals surface area contributed by atoms with E-state index in [-0.39, 0.29) is 22.8 Å². The third kappa shape index (κ3) is 3.79. The highest BCUT2D eigenvalue weighted by atomic mass is 32.3. The molecule has 26 heavy (non-hydrogen) atoms. The second-order valence-electron chi connectivity index (χ2n) is 5.27. The van der Waals surface area contributed by atoms with Gasteiger partial charge >= 0.3 is 0 Å². The van der Waals surface area contributed by atoms with Crippen molar-refractivity contribution in [3.05, 3.63) is 48.0 Å². The van der Waals surface area contributed by atoms with E-state index in [4.69, 9.17) is 9.47 Å². The first-order valence-corrected chi connectivity index (χ1v) is 10.2. The Kier molecular flexibility index (Phi) is 4.86. The lowest BCUT2D eigenvalue weighted by molar-refractivity contribution is 0.151. The van der Waals surface area contributed by atoms with Crippen molar-refractivity contribution in [1.29, 1.82) is 0 Å². The zero-order chi connectivity index (χ0) is 18.9. The van der Waals surface area contributed by atoms with Crippen LogP contribution in [0.5, 0.6) is 11.5 Å². The monoisotopic (exact) mass is 405 g/mol. The number of ether oxygens (including phenoxy) is 2. The van der Waals surface area contributed by atoms with Crippen LogP contribution in [0.4, 0.5) is 8.78 Å². The Labute approximate surface area is 148 Å². The third-order valence-electron chi connectivity index (χ3n) is 3.49. The summed E-state index contributed by atoms with van der Waals surface area (Å²) < 4.78 is 86.5. The maximum Gasteiger partial charge on any atom is 0.263 e. The van der Waals surface area contributed by atoms with E-state index in [1.807, 2.05) is 0 Å². The predicted octanol–water partition coefficient (Wildman–Crippen LogP) is 2.06. The molecule has 11 heteroatoms. The average Bonchev–Trinajstić information content (AvgIpc) is 2.60. The van der Waals surface area contributed by atoms with Gasteiger partial charge in [-0.05, 0) is 24.3 Å². The van der Waals surface area contributed by atoms with E-state index in [9.17, 15) is 25.6 Å². The van der Waals surface area contributed by atoms with Gasteiger partial charge in [0.2, 0.25) is 0 Å². The fourth-order valence-corrected chi connectivity index (χ4v) is 5.15. The van der Waals surface area contributed by atoms with Crippen LogP contribution in [-0.4, -0.2) is 30.0 Å². The molecule has 0 aromatic heterocycles. The van der Waals surface area contributed by atoms with Crippen molar-refractivity contribution in [1.82, 2.24) is 4.13 Å². The van der Waals surface area contributed by atoms with Gasteiger partial charge in [0.1, 0.15) is 13.2 Å². The van der Waals surface area contributed by atoms with Crippen molar-refractivity contribution >= 4 is 20.0 Å². The Hall–Kier alpha value is -2.24. The number of halogens is 2. The molecule has 1 aliphatic rings. The topological polar surface area (TPSA) is 98.8 Å². The molecular weight excluding hydrogens is 392 g/mol. The molecule has 140 valence electrons. The minimum atomic E-state index is -4.48. The van der Waals surface area contributed by atoms with Crippen molar-refractivity contribution in [2.45, 2.75) is 16.2 Å². The van der Waals surface area contributed by atoms with Crippen LogP contribution in [0.15, 0.2) is 52.3 Å². The lowest BCUT2D eigenvalue weighted by Gasteiger charge is -2.18. The van der Waals surface area contributed by atoms with Gasteiger partial charge in [-0.25, -0.2) is 25.6 Å². The summed E-state index contributed by atoms with van der Waals surface area (Å²) in [7, 11) is -8.93. The molecule has 1 aliphatic heterocycles. The summed E-state index contributed by atoms with van der Waals surface area (Å²) in [4.78, 5) is -0.794. The van der Waals surface area contributed by atoms with Crippen LogP contribution in [0.25, 0.3) is 0 Å². The fourth-order valence-electron chi connectivity index (χ4n) is 2.22. The van der Waals surface area contributed by atoms with Gasteiger partial charge in [0.25, 0.3) is 26.5 Å². The van der Waals surface area contributed by atoms with Crippen molar-refractivity contribution in [2.75, 3.05) is 13.2 Å². The van der Waals surface area contributed by atoms with Gasteiger partial charge < -0.3 is 9.47 Å². The highest BCUT2D eigenvalue weighted by Gasteiger charge is 2.26. The summed E-state index contributed by atoms with van der Waals surface area (Å²) in [5, 5.41) is 0. The maximum atomic E-state index is 12.5. The SMILES string of the molecule is O=S(=O)(NS(=O)(=O)c1ccc2c(c1)OCCO2)c1ccc(C(F)F)cc1. The van der Waals surface area contributed by atoms with Crippen LogP contribution in [-0.2, 0) is 20.0 Å². The van der Waals surface area contributed by atoms with Gasteiger partial charge in [-0.15, -0.1) is 4.13 Å². The summed E-state index contributed by atoms with van der Waals surface area (Å²) in [5.74, 6) is 0.526. The second-order valence-corrected chi connectivity index (χ2v) is 8.89. The number of hydrogen-bond acceptors (Lipinski definition) is 6. The molecule has 1 heterocycles. The molecule has 0 bridgehead atoms. The molecule has 3 rings (SSSR count).